The molecular formula is C12H16BrN5O. The Kier molecular flexibility index (Phi) is 4.49. The van der Waals surface area contributed by atoms with E-state index in [1.165, 1.54) is 0 Å². The Hall–Kier alpha value is -1.47. The Labute approximate surface area is 120 Å². The molecule has 0 amide bonds. The second-order valence-electron chi connectivity index (χ2n) is 4.24. The SMILES string of the molecule is COCCCn1nnnc1-c1cc(Br)cc(N)c1C. The minimum Gasteiger partial charge on any atom is -0.398 e. The highest BCUT2D eigenvalue weighted by molar-refractivity contribution is 9.10. The molecule has 1 heterocycles. The lowest BCUT2D eigenvalue weighted by molar-refractivity contribution is 0.189. The molecule has 0 aliphatic heterocycles. The quantitative estimate of drug-likeness (QED) is 0.672. The molecule has 1 aromatic carbocycles. The van der Waals surface area contributed by atoms with Crippen molar-refractivity contribution >= 4 is 21.6 Å². The van der Waals surface area contributed by atoms with E-state index in [1.807, 2.05) is 19.1 Å². The van der Waals surface area contributed by atoms with Crippen LogP contribution in [0.4, 0.5) is 5.69 Å². The molecule has 0 unspecified atom stereocenters. The number of nitrogens with zero attached hydrogens (tertiary/aromatic N) is 4. The van der Waals surface area contributed by atoms with Gasteiger partial charge in [-0.1, -0.05) is 15.9 Å². The van der Waals surface area contributed by atoms with Gasteiger partial charge in [-0.2, -0.15) is 0 Å². The first-order valence-electron chi connectivity index (χ1n) is 5.94. The highest BCUT2D eigenvalue weighted by atomic mass is 79.9. The van der Waals surface area contributed by atoms with Gasteiger partial charge in [-0.05, 0) is 41.5 Å². The number of nitrogen functional groups attached to an aromatic ring is 1. The van der Waals surface area contributed by atoms with Crippen molar-refractivity contribution in [3.05, 3.63) is 22.2 Å². The van der Waals surface area contributed by atoms with Crippen molar-refractivity contribution in [3.8, 4) is 11.4 Å². The van der Waals surface area contributed by atoms with Crippen molar-refractivity contribution in [3.63, 3.8) is 0 Å². The summed E-state index contributed by atoms with van der Waals surface area (Å²) in [5, 5.41) is 11.8. The van der Waals surface area contributed by atoms with Crippen LogP contribution in [-0.2, 0) is 11.3 Å². The Morgan fingerprint density at radius 1 is 1.42 bits per heavy atom. The summed E-state index contributed by atoms with van der Waals surface area (Å²) >= 11 is 3.44. The largest absolute Gasteiger partial charge is 0.398 e. The van der Waals surface area contributed by atoms with E-state index in [2.05, 4.69) is 31.5 Å². The van der Waals surface area contributed by atoms with Crippen LogP contribution in [0.15, 0.2) is 16.6 Å². The maximum absolute atomic E-state index is 5.97. The van der Waals surface area contributed by atoms with Crippen molar-refractivity contribution in [2.24, 2.45) is 0 Å². The van der Waals surface area contributed by atoms with Crippen molar-refractivity contribution in [1.29, 1.82) is 0 Å². The number of aryl methyl sites for hydroxylation is 1. The Bertz CT molecular complexity index is 569. The van der Waals surface area contributed by atoms with Crippen LogP contribution in [0.2, 0.25) is 0 Å². The number of methoxy groups -OCH3 is 1. The molecule has 0 bridgehead atoms. The van der Waals surface area contributed by atoms with Crippen molar-refractivity contribution in [1.82, 2.24) is 20.2 Å². The average molecular weight is 326 g/mol. The molecule has 0 atom stereocenters. The first-order valence-corrected chi connectivity index (χ1v) is 6.74. The third kappa shape index (κ3) is 3.10. The van der Waals surface area contributed by atoms with E-state index in [9.17, 15) is 0 Å². The van der Waals surface area contributed by atoms with Gasteiger partial charge in [-0.15, -0.1) is 5.10 Å². The van der Waals surface area contributed by atoms with Crippen LogP contribution >= 0.6 is 15.9 Å². The van der Waals surface area contributed by atoms with Crippen molar-refractivity contribution in [2.75, 3.05) is 19.5 Å². The normalized spacial score (nSPS) is 10.9. The van der Waals surface area contributed by atoms with E-state index >= 15 is 0 Å². The molecule has 6 nitrogen and oxygen atoms in total. The van der Waals surface area contributed by atoms with E-state index in [1.54, 1.807) is 11.8 Å². The first-order chi connectivity index (χ1) is 9.13. The van der Waals surface area contributed by atoms with E-state index < -0.39 is 0 Å². The van der Waals surface area contributed by atoms with Gasteiger partial charge in [0.1, 0.15) is 0 Å². The van der Waals surface area contributed by atoms with Gasteiger partial charge < -0.3 is 10.5 Å². The van der Waals surface area contributed by atoms with Gasteiger partial charge in [0, 0.05) is 36.0 Å². The number of benzene rings is 1. The summed E-state index contributed by atoms with van der Waals surface area (Å²) in [7, 11) is 1.68. The summed E-state index contributed by atoms with van der Waals surface area (Å²) in [6, 6.07) is 3.85. The molecule has 1 aromatic heterocycles. The minimum absolute atomic E-state index is 0.679. The lowest BCUT2D eigenvalue weighted by atomic mass is 10.1. The Balaban J connectivity index is 2.34. The van der Waals surface area contributed by atoms with Crippen LogP contribution in [0.5, 0.6) is 0 Å². The molecule has 7 heteroatoms. The Morgan fingerprint density at radius 3 is 2.95 bits per heavy atom. The number of aromatic nitrogens is 4. The molecule has 0 aliphatic rings. The van der Waals surface area contributed by atoms with Crippen LogP contribution in [0.25, 0.3) is 11.4 Å². The molecule has 102 valence electrons. The van der Waals surface area contributed by atoms with Crippen LogP contribution in [-0.4, -0.2) is 33.9 Å². The third-order valence-corrected chi connectivity index (χ3v) is 3.36. The number of anilines is 1. The zero-order valence-electron chi connectivity index (χ0n) is 10.9. The molecule has 0 saturated heterocycles. The predicted octanol–water partition coefficient (Wildman–Crippen LogP) is 2.03. The number of rotatable bonds is 5. The minimum atomic E-state index is 0.679. The van der Waals surface area contributed by atoms with Gasteiger partial charge in [0.2, 0.25) is 0 Å². The van der Waals surface area contributed by atoms with E-state index in [0.29, 0.717) is 13.2 Å². The van der Waals surface area contributed by atoms with E-state index in [4.69, 9.17) is 10.5 Å². The average Bonchev–Trinajstić information content (AvgIpc) is 2.82. The van der Waals surface area contributed by atoms with Crippen LogP contribution in [0, 0.1) is 6.92 Å². The van der Waals surface area contributed by atoms with Gasteiger partial charge in [0.05, 0.1) is 0 Å². The summed E-state index contributed by atoms with van der Waals surface area (Å²) in [6.45, 7) is 3.35. The number of ether oxygens (including phenoxy) is 1. The topological polar surface area (TPSA) is 78.8 Å². The summed E-state index contributed by atoms with van der Waals surface area (Å²) in [4.78, 5) is 0. The van der Waals surface area contributed by atoms with Crippen LogP contribution in [0.3, 0.4) is 0 Å². The molecule has 0 fully saturated rings. The molecule has 2 aromatic rings. The van der Waals surface area contributed by atoms with Gasteiger partial charge in [-0.3, -0.25) is 0 Å². The summed E-state index contributed by atoms with van der Waals surface area (Å²) in [5.74, 6) is 0.724. The molecular weight excluding hydrogens is 310 g/mol. The molecule has 0 spiro atoms. The second kappa shape index (κ2) is 6.12. The number of hydrogen-bond acceptors (Lipinski definition) is 5. The van der Waals surface area contributed by atoms with Gasteiger partial charge >= 0.3 is 0 Å². The summed E-state index contributed by atoms with van der Waals surface area (Å²) in [5.41, 5.74) is 8.61. The molecule has 19 heavy (non-hydrogen) atoms. The number of hydrogen-bond donors (Lipinski definition) is 1. The van der Waals surface area contributed by atoms with Gasteiger partial charge in [0.25, 0.3) is 0 Å². The maximum atomic E-state index is 5.97. The molecule has 2 rings (SSSR count). The highest BCUT2D eigenvalue weighted by Gasteiger charge is 2.13. The lowest BCUT2D eigenvalue weighted by Gasteiger charge is -2.09. The molecule has 0 saturated carbocycles. The zero-order chi connectivity index (χ0) is 13.8. The fourth-order valence-electron chi connectivity index (χ4n) is 1.84. The zero-order valence-corrected chi connectivity index (χ0v) is 12.5. The monoisotopic (exact) mass is 325 g/mol. The number of tetrazole rings is 1. The fraction of sp³-hybridized carbons (Fsp3) is 0.417. The highest BCUT2D eigenvalue weighted by Crippen LogP contribution is 2.29. The van der Waals surface area contributed by atoms with Crippen LogP contribution in [0.1, 0.15) is 12.0 Å². The van der Waals surface area contributed by atoms with E-state index in [-0.39, 0.29) is 0 Å². The van der Waals surface area contributed by atoms with Gasteiger partial charge in [0.15, 0.2) is 5.82 Å². The molecule has 0 aliphatic carbocycles. The van der Waals surface area contributed by atoms with Crippen molar-refractivity contribution in [2.45, 2.75) is 19.9 Å². The first kappa shape index (κ1) is 14.0. The van der Waals surface area contributed by atoms with Crippen LogP contribution < -0.4 is 5.73 Å². The maximum Gasteiger partial charge on any atom is 0.182 e. The molecule has 2 N–H and O–H groups in total. The standard InChI is InChI=1S/C12H16BrN5O/c1-8-10(6-9(13)7-11(8)14)12-15-16-17-18(12)4-3-5-19-2/h6-7H,3-5,14H2,1-2H3. The van der Waals surface area contributed by atoms with E-state index in [0.717, 1.165) is 33.5 Å². The molecule has 0 radical (unpaired) electrons. The predicted molar refractivity (Wildman–Crippen MR) is 76.6 cm³/mol. The summed E-state index contributed by atoms with van der Waals surface area (Å²) < 4.78 is 7.72. The summed E-state index contributed by atoms with van der Waals surface area (Å²) in [6.07, 6.45) is 0.858. The van der Waals surface area contributed by atoms with Crippen molar-refractivity contribution < 1.29 is 4.74 Å². The van der Waals surface area contributed by atoms with Gasteiger partial charge in [-0.25, -0.2) is 4.68 Å². The Morgan fingerprint density at radius 2 is 2.21 bits per heavy atom. The lowest BCUT2D eigenvalue weighted by Crippen LogP contribution is -2.06. The second-order valence-corrected chi connectivity index (χ2v) is 5.16. The third-order valence-electron chi connectivity index (χ3n) is 2.90. The fourth-order valence-corrected chi connectivity index (χ4v) is 2.31. The number of nitrogens with two attached hydrogens (primary N) is 1. The smallest absolute Gasteiger partial charge is 0.182 e. The number of halogens is 1.